The fraction of sp³-hybridized carbons (Fsp3) is 0.286. The highest BCUT2D eigenvalue weighted by atomic mass is 32.2. The zero-order valence-corrected chi connectivity index (χ0v) is 17.8. The van der Waals surface area contributed by atoms with E-state index >= 15 is 0 Å². The van der Waals surface area contributed by atoms with E-state index in [0.717, 1.165) is 11.8 Å². The molecular weight excluding hydrogens is 450 g/mol. The van der Waals surface area contributed by atoms with Gasteiger partial charge in [-0.25, -0.2) is 12.8 Å². The Labute approximate surface area is 182 Å². The molecule has 1 aromatic heterocycles. The van der Waals surface area contributed by atoms with Crippen molar-refractivity contribution in [3.05, 3.63) is 65.7 Å². The normalized spacial score (nSPS) is 15.8. The molecule has 0 N–H and O–H groups in total. The van der Waals surface area contributed by atoms with Gasteiger partial charge in [0.25, 0.3) is 0 Å². The molecule has 0 bridgehead atoms. The number of hydrogen-bond donors (Lipinski definition) is 0. The van der Waals surface area contributed by atoms with Crippen LogP contribution in [0.1, 0.15) is 11.3 Å². The molecule has 170 valence electrons. The Balaban J connectivity index is 1.56. The summed E-state index contributed by atoms with van der Waals surface area (Å²) >= 11 is 0. The Hall–Kier alpha value is -2.92. The second kappa shape index (κ2) is 8.21. The molecule has 2 heterocycles. The van der Waals surface area contributed by atoms with Crippen molar-refractivity contribution >= 4 is 15.7 Å². The molecule has 0 radical (unpaired) electrons. The average Bonchev–Trinajstić information content (AvgIpc) is 3.25. The summed E-state index contributed by atoms with van der Waals surface area (Å²) < 4.78 is 83.8. The molecule has 2 aromatic carbocycles. The van der Waals surface area contributed by atoms with Crippen LogP contribution in [0.4, 0.5) is 23.2 Å². The number of nitrogens with zero attached hydrogens (tertiary/aromatic N) is 3. The van der Waals surface area contributed by atoms with Gasteiger partial charge in [-0.2, -0.15) is 17.5 Å². The van der Waals surface area contributed by atoms with Crippen LogP contribution in [0.5, 0.6) is 0 Å². The second-order valence-corrected chi connectivity index (χ2v) is 9.33. The summed E-state index contributed by atoms with van der Waals surface area (Å²) in [6.45, 7) is 2.89. The van der Waals surface area contributed by atoms with Crippen LogP contribution in [-0.2, 0) is 16.2 Å². The van der Waals surface area contributed by atoms with Crippen LogP contribution in [0, 0.1) is 12.7 Å². The number of halogens is 4. The van der Waals surface area contributed by atoms with Gasteiger partial charge in [0.1, 0.15) is 11.5 Å². The summed E-state index contributed by atoms with van der Waals surface area (Å²) in [7, 11) is -3.89. The van der Waals surface area contributed by atoms with Gasteiger partial charge in [0.15, 0.2) is 0 Å². The first-order valence-electron chi connectivity index (χ1n) is 9.71. The van der Waals surface area contributed by atoms with Crippen molar-refractivity contribution in [1.29, 1.82) is 0 Å². The first kappa shape index (κ1) is 22.3. The van der Waals surface area contributed by atoms with Gasteiger partial charge in [0.2, 0.25) is 15.8 Å². The van der Waals surface area contributed by atoms with Crippen LogP contribution in [0.2, 0.25) is 0 Å². The van der Waals surface area contributed by atoms with E-state index in [2.05, 4.69) is 9.68 Å². The number of hydrogen-bond acceptors (Lipinski definition) is 5. The van der Waals surface area contributed by atoms with E-state index in [4.69, 9.17) is 0 Å². The van der Waals surface area contributed by atoms with Crippen LogP contribution in [0.25, 0.3) is 11.3 Å². The first-order valence-corrected chi connectivity index (χ1v) is 11.2. The topological polar surface area (TPSA) is 66.7 Å². The molecule has 0 saturated carbocycles. The number of sulfonamides is 1. The fourth-order valence-electron chi connectivity index (χ4n) is 3.56. The van der Waals surface area contributed by atoms with E-state index in [1.54, 1.807) is 19.1 Å². The maximum Gasteiger partial charge on any atom is 0.452 e. The van der Waals surface area contributed by atoms with Crippen molar-refractivity contribution in [3.8, 4) is 11.3 Å². The Bertz CT molecular complexity index is 1220. The number of piperazine rings is 1. The molecule has 1 saturated heterocycles. The number of aromatic nitrogens is 1. The molecule has 1 fully saturated rings. The Morgan fingerprint density at radius 3 is 2.22 bits per heavy atom. The monoisotopic (exact) mass is 469 g/mol. The molecule has 6 nitrogen and oxygen atoms in total. The Kier molecular flexibility index (Phi) is 5.72. The van der Waals surface area contributed by atoms with Gasteiger partial charge in [0, 0.05) is 43.5 Å². The van der Waals surface area contributed by atoms with Gasteiger partial charge in [-0.1, -0.05) is 17.3 Å². The minimum Gasteiger partial charge on any atom is -0.369 e. The summed E-state index contributed by atoms with van der Waals surface area (Å²) in [5.74, 6) is -1.60. The van der Waals surface area contributed by atoms with Crippen LogP contribution < -0.4 is 4.90 Å². The zero-order valence-electron chi connectivity index (χ0n) is 16.9. The minimum absolute atomic E-state index is 0.00166. The summed E-state index contributed by atoms with van der Waals surface area (Å²) in [6, 6.07) is 11.1. The Morgan fingerprint density at radius 2 is 1.62 bits per heavy atom. The van der Waals surface area contributed by atoms with Gasteiger partial charge in [-0.15, -0.1) is 0 Å². The van der Waals surface area contributed by atoms with Crippen molar-refractivity contribution in [2.45, 2.75) is 18.0 Å². The summed E-state index contributed by atoms with van der Waals surface area (Å²) in [5.41, 5.74) is 1.37. The van der Waals surface area contributed by atoms with Gasteiger partial charge >= 0.3 is 6.18 Å². The Morgan fingerprint density at radius 1 is 0.969 bits per heavy atom. The lowest BCUT2D eigenvalue weighted by Gasteiger charge is -2.35. The smallest absolute Gasteiger partial charge is 0.369 e. The number of benzene rings is 2. The fourth-order valence-corrected chi connectivity index (χ4v) is 5.23. The SMILES string of the molecule is Cc1ccc(-c2cc(C(F)(F)F)on2)cc1S(=O)(=O)N1CCN(c2ccc(F)cc2)CC1. The lowest BCUT2D eigenvalue weighted by atomic mass is 10.1. The number of alkyl halides is 3. The molecule has 11 heteroatoms. The highest BCUT2D eigenvalue weighted by molar-refractivity contribution is 7.89. The summed E-state index contributed by atoms with van der Waals surface area (Å²) in [4.78, 5) is 1.96. The lowest BCUT2D eigenvalue weighted by Crippen LogP contribution is -2.48. The van der Waals surface area contributed by atoms with E-state index in [9.17, 15) is 26.0 Å². The quantitative estimate of drug-likeness (QED) is 0.533. The van der Waals surface area contributed by atoms with Crippen molar-refractivity contribution in [2.75, 3.05) is 31.1 Å². The van der Waals surface area contributed by atoms with Gasteiger partial charge in [0.05, 0.1) is 4.90 Å². The van der Waals surface area contributed by atoms with E-state index in [0.29, 0.717) is 18.7 Å². The molecule has 4 rings (SSSR count). The van der Waals surface area contributed by atoms with Crippen LogP contribution in [0.3, 0.4) is 0 Å². The standard InChI is InChI=1S/C21H19F4N3O3S/c1-14-2-3-15(18-13-20(31-26-18)21(23,24)25)12-19(14)32(29,30)28-10-8-27(9-11-28)17-6-4-16(22)5-7-17/h2-7,12-13H,8-11H2,1H3. The summed E-state index contributed by atoms with van der Waals surface area (Å²) in [6.07, 6.45) is -4.69. The highest BCUT2D eigenvalue weighted by Crippen LogP contribution is 2.33. The molecule has 1 aliphatic rings. The van der Waals surface area contributed by atoms with Crippen LogP contribution >= 0.6 is 0 Å². The largest absolute Gasteiger partial charge is 0.452 e. The highest BCUT2D eigenvalue weighted by Gasteiger charge is 2.36. The van der Waals surface area contributed by atoms with Crippen molar-refractivity contribution in [2.24, 2.45) is 0 Å². The van der Waals surface area contributed by atoms with Crippen molar-refractivity contribution < 1.29 is 30.5 Å². The van der Waals surface area contributed by atoms with Crippen LogP contribution in [-0.4, -0.2) is 44.1 Å². The number of anilines is 1. The number of rotatable bonds is 4. The molecule has 0 spiro atoms. The summed E-state index contributed by atoms with van der Waals surface area (Å²) in [5, 5.41) is 3.43. The van der Waals surface area contributed by atoms with E-state index in [1.807, 2.05) is 4.90 Å². The molecule has 0 unspecified atom stereocenters. The molecule has 0 amide bonds. The van der Waals surface area contributed by atoms with Crippen molar-refractivity contribution in [3.63, 3.8) is 0 Å². The average molecular weight is 469 g/mol. The molecule has 32 heavy (non-hydrogen) atoms. The molecule has 0 aliphatic carbocycles. The van der Waals surface area contributed by atoms with Gasteiger partial charge in [-0.3, -0.25) is 0 Å². The third-order valence-electron chi connectivity index (χ3n) is 5.32. The first-order chi connectivity index (χ1) is 15.1. The lowest BCUT2D eigenvalue weighted by molar-refractivity contribution is -0.155. The van der Waals surface area contributed by atoms with E-state index < -0.39 is 22.0 Å². The molecule has 3 aromatic rings. The predicted octanol–water partition coefficient (Wildman–Crippen LogP) is 4.32. The van der Waals surface area contributed by atoms with E-state index in [1.165, 1.54) is 34.6 Å². The van der Waals surface area contributed by atoms with Crippen molar-refractivity contribution in [1.82, 2.24) is 9.46 Å². The third-order valence-corrected chi connectivity index (χ3v) is 7.36. The van der Waals surface area contributed by atoms with E-state index in [-0.39, 0.29) is 35.1 Å². The maximum absolute atomic E-state index is 13.3. The van der Waals surface area contributed by atoms with Gasteiger partial charge < -0.3 is 9.42 Å². The minimum atomic E-state index is -4.69. The second-order valence-electron chi connectivity index (χ2n) is 7.42. The molecular formula is C21H19F4N3O3S. The van der Waals surface area contributed by atoms with Crippen LogP contribution in [0.15, 0.2) is 57.9 Å². The maximum atomic E-state index is 13.3. The molecule has 1 aliphatic heterocycles. The third kappa shape index (κ3) is 4.35. The number of aryl methyl sites for hydroxylation is 1. The zero-order chi connectivity index (χ0) is 23.1. The predicted molar refractivity (Wildman–Crippen MR) is 109 cm³/mol. The van der Waals surface area contributed by atoms with Gasteiger partial charge in [-0.05, 0) is 42.8 Å². The molecule has 0 atom stereocenters.